The minimum Gasteiger partial charge on any atom is -0.293 e. The van der Waals surface area contributed by atoms with E-state index in [1.54, 1.807) is 0 Å². The molecule has 0 saturated carbocycles. The number of ketones is 1. The maximum atomic E-state index is 13.4. The molecule has 0 saturated heterocycles. The molecule has 0 fully saturated rings. The Bertz CT molecular complexity index is 535. The molecule has 0 aromatic heterocycles. The van der Waals surface area contributed by atoms with Crippen LogP contribution in [-0.2, 0) is 9.84 Å². The number of Topliss-reactive ketones (excluding diaryl/α,β-unsaturated/α-hetero) is 1. The van der Waals surface area contributed by atoms with Gasteiger partial charge in [0.2, 0.25) is 0 Å². The molecule has 0 aliphatic heterocycles. The van der Waals surface area contributed by atoms with Crippen LogP contribution in [0.15, 0.2) is 12.1 Å². The second-order valence-corrected chi connectivity index (χ2v) is 5.69. The van der Waals surface area contributed by atoms with E-state index in [2.05, 4.69) is 0 Å². The topological polar surface area (TPSA) is 51.2 Å². The smallest absolute Gasteiger partial charge is 0.183 e. The molecule has 1 aromatic carbocycles. The van der Waals surface area contributed by atoms with Gasteiger partial charge in [-0.15, -0.1) is 0 Å². The molecule has 0 unspecified atom stereocenters. The summed E-state index contributed by atoms with van der Waals surface area (Å²) in [6.45, 7) is 1.37. The fourth-order valence-corrected chi connectivity index (χ4v) is 1.84. The predicted octanol–water partition coefficient (Wildman–Crippen LogP) is 1.50. The number of halogens is 2. The molecule has 0 radical (unpaired) electrons. The lowest BCUT2D eigenvalue weighted by atomic mass is 10.1. The first-order chi connectivity index (χ1) is 7.22. The van der Waals surface area contributed by atoms with Crippen molar-refractivity contribution in [3.63, 3.8) is 0 Å². The standard InChI is InChI=1S/C10H10F2O3S/c1-6-3-4-7(11)9(10(6)12)8(13)5-16(2,14)15/h3-4H,5H2,1-2H3. The highest BCUT2D eigenvalue weighted by Gasteiger charge is 2.22. The molecule has 16 heavy (non-hydrogen) atoms. The second-order valence-electron chi connectivity index (χ2n) is 3.55. The average molecular weight is 248 g/mol. The molecule has 0 N–H and O–H groups in total. The minimum atomic E-state index is -3.60. The number of hydrogen-bond acceptors (Lipinski definition) is 3. The SMILES string of the molecule is Cc1ccc(F)c(C(=O)CS(C)(=O)=O)c1F. The summed E-state index contributed by atoms with van der Waals surface area (Å²) in [6, 6.07) is 2.12. The lowest BCUT2D eigenvalue weighted by Crippen LogP contribution is -2.17. The quantitative estimate of drug-likeness (QED) is 0.762. The van der Waals surface area contributed by atoms with Gasteiger partial charge in [0.1, 0.15) is 17.4 Å². The molecular formula is C10H10F2O3S. The molecule has 0 atom stereocenters. The van der Waals surface area contributed by atoms with Crippen molar-refractivity contribution in [2.24, 2.45) is 0 Å². The molecule has 0 amide bonds. The molecule has 0 bridgehead atoms. The van der Waals surface area contributed by atoms with Gasteiger partial charge in [-0.3, -0.25) is 4.79 Å². The molecule has 88 valence electrons. The molecule has 0 aliphatic carbocycles. The van der Waals surface area contributed by atoms with Gasteiger partial charge in [-0.05, 0) is 18.6 Å². The second kappa shape index (κ2) is 4.29. The van der Waals surface area contributed by atoms with Crippen molar-refractivity contribution in [3.8, 4) is 0 Å². The van der Waals surface area contributed by atoms with E-state index in [-0.39, 0.29) is 5.56 Å². The van der Waals surface area contributed by atoms with Gasteiger partial charge in [0.25, 0.3) is 0 Å². The number of rotatable bonds is 3. The first-order valence-corrected chi connectivity index (χ1v) is 6.44. The Balaban J connectivity index is 3.24. The van der Waals surface area contributed by atoms with Crippen LogP contribution in [0.3, 0.4) is 0 Å². The van der Waals surface area contributed by atoms with Crippen LogP contribution in [0.25, 0.3) is 0 Å². The van der Waals surface area contributed by atoms with Crippen molar-refractivity contribution in [1.82, 2.24) is 0 Å². The van der Waals surface area contributed by atoms with Crippen molar-refractivity contribution in [2.75, 3.05) is 12.0 Å². The number of carbonyl (C=O) groups is 1. The van der Waals surface area contributed by atoms with Crippen LogP contribution in [-0.4, -0.2) is 26.2 Å². The lowest BCUT2D eigenvalue weighted by Gasteiger charge is -2.05. The van der Waals surface area contributed by atoms with Crippen LogP contribution in [0.4, 0.5) is 8.78 Å². The van der Waals surface area contributed by atoms with E-state index < -0.39 is 38.6 Å². The van der Waals surface area contributed by atoms with Gasteiger partial charge in [0, 0.05) is 6.26 Å². The van der Waals surface area contributed by atoms with Crippen LogP contribution in [0.2, 0.25) is 0 Å². The normalized spacial score (nSPS) is 11.5. The van der Waals surface area contributed by atoms with E-state index in [9.17, 15) is 22.0 Å². The summed E-state index contributed by atoms with van der Waals surface area (Å²) in [5, 5.41) is 0. The Labute approximate surface area is 92.0 Å². The summed E-state index contributed by atoms with van der Waals surface area (Å²) >= 11 is 0. The highest BCUT2D eigenvalue weighted by Crippen LogP contribution is 2.17. The van der Waals surface area contributed by atoms with Gasteiger partial charge < -0.3 is 0 Å². The summed E-state index contributed by atoms with van der Waals surface area (Å²) < 4.78 is 48.3. The van der Waals surface area contributed by atoms with Crippen molar-refractivity contribution in [2.45, 2.75) is 6.92 Å². The van der Waals surface area contributed by atoms with Crippen LogP contribution in [0.1, 0.15) is 15.9 Å². The predicted molar refractivity (Wildman–Crippen MR) is 55.1 cm³/mol. The Kier molecular flexibility index (Phi) is 3.42. The van der Waals surface area contributed by atoms with Gasteiger partial charge in [-0.1, -0.05) is 6.07 Å². The van der Waals surface area contributed by atoms with E-state index in [0.717, 1.165) is 12.3 Å². The average Bonchev–Trinajstić information content (AvgIpc) is 2.09. The van der Waals surface area contributed by atoms with E-state index >= 15 is 0 Å². The van der Waals surface area contributed by atoms with Crippen molar-refractivity contribution in [1.29, 1.82) is 0 Å². The largest absolute Gasteiger partial charge is 0.293 e. The molecule has 0 heterocycles. The molecule has 3 nitrogen and oxygen atoms in total. The van der Waals surface area contributed by atoms with Crippen molar-refractivity contribution >= 4 is 15.6 Å². The fourth-order valence-electron chi connectivity index (χ4n) is 1.22. The van der Waals surface area contributed by atoms with Crippen LogP contribution in [0, 0.1) is 18.6 Å². The number of aryl methyl sites for hydroxylation is 1. The van der Waals surface area contributed by atoms with Crippen molar-refractivity contribution in [3.05, 3.63) is 34.9 Å². The summed E-state index contributed by atoms with van der Waals surface area (Å²) in [5.41, 5.74) is -0.691. The molecular weight excluding hydrogens is 238 g/mol. The van der Waals surface area contributed by atoms with Crippen LogP contribution >= 0.6 is 0 Å². The van der Waals surface area contributed by atoms with E-state index in [0.29, 0.717) is 0 Å². The summed E-state index contributed by atoms with van der Waals surface area (Å²) in [7, 11) is -3.60. The number of sulfone groups is 1. The Morgan fingerprint density at radius 2 is 1.88 bits per heavy atom. The first kappa shape index (κ1) is 12.8. The highest BCUT2D eigenvalue weighted by atomic mass is 32.2. The summed E-state index contributed by atoms with van der Waals surface area (Å²) in [6.07, 6.45) is 0.830. The minimum absolute atomic E-state index is 0.0956. The van der Waals surface area contributed by atoms with Crippen molar-refractivity contribution < 1.29 is 22.0 Å². The zero-order valence-corrected chi connectivity index (χ0v) is 9.57. The van der Waals surface area contributed by atoms with E-state index in [1.807, 2.05) is 0 Å². The number of hydrogen-bond donors (Lipinski definition) is 0. The Morgan fingerprint density at radius 3 is 2.38 bits per heavy atom. The highest BCUT2D eigenvalue weighted by molar-refractivity contribution is 7.91. The maximum absolute atomic E-state index is 13.4. The van der Waals surface area contributed by atoms with E-state index in [4.69, 9.17) is 0 Å². The Morgan fingerprint density at radius 1 is 1.31 bits per heavy atom. The molecule has 1 aromatic rings. The van der Waals surface area contributed by atoms with Crippen LogP contribution in [0.5, 0.6) is 0 Å². The van der Waals surface area contributed by atoms with Gasteiger partial charge >= 0.3 is 0 Å². The molecule has 6 heteroatoms. The van der Waals surface area contributed by atoms with E-state index in [1.165, 1.54) is 13.0 Å². The zero-order valence-electron chi connectivity index (χ0n) is 8.75. The zero-order chi connectivity index (χ0) is 12.5. The third-order valence-corrected chi connectivity index (χ3v) is 2.74. The fraction of sp³-hybridized carbons (Fsp3) is 0.300. The summed E-state index contributed by atoms with van der Waals surface area (Å²) in [4.78, 5) is 11.4. The monoisotopic (exact) mass is 248 g/mol. The molecule has 1 rings (SSSR count). The summed E-state index contributed by atoms with van der Waals surface area (Å²) in [5.74, 6) is -4.02. The van der Waals surface area contributed by atoms with Gasteiger partial charge in [0.05, 0.1) is 5.56 Å². The number of carbonyl (C=O) groups excluding carboxylic acids is 1. The van der Waals surface area contributed by atoms with Gasteiger partial charge in [0.15, 0.2) is 15.6 Å². The third kappa shape index (κ3) is 2.85. The third-order valence-electron chi connectivity index (χ3n) is 1.96. The maximum Gasteiger partial charge on any atom is 0.183 e. The lowest BCUT2D eigenvalue weighted by molar-refractivity contribution is 0.101. The van der Waals surface area contributed by atoms with Gasteiger partial charge in [-0.25, -0.2) is 17.2 Å². The van der Waals surface area contributed by atoms with Gasteiger partial charge in [-0.2, -0.15) is 0 Å². The number of benzene rings is 1. The van der Waals surface area contributed by atoms with Crippen LogP contribution < -0.4 is 0 Å². The molecule has 0 spiro atoms. The molecule has 0 aliphatic rings. The Hall–Kier alpha value is -1.30. The first-order valence-electron chi connectivity index (χ1n) is 4.38.